The molecule has 1 aliphatic heterocycles. The number of ether oxygens (including phenoxy) is 2. The van der Waals surface area contributed by atoms with Crippen LogP contribution in [0.25, 0.3) is 6.08 Å². The van der Waals surface area contributed by atoms with Crippen molar-refractivity contribution < 1.29 is 14.3 Å². The highest BCUT2D eigenvalue weighted by Gasteiger charge is 2.32. The van der Waals surface area contributed by atoms with Crippen molar-refractivity contribution in [3.63, 3.8) is 0 Å². The highest BCUT2D eigenvalue weighted by atomic mass is 16.5. The van der Waals surface area contributed by atoms with Gasteiger partial charge in [-0.3, -0.25) is 9.69 Å². The van der Waals surface area contributed by atoms with Crippen LogP contribution < -0.4 is 14.4 Å². The lowest BCUT2D eigenvalue weighted by Gasteiger charge is -2.19. The van der Waals surface area contributed by atoms with Crippen molar-refractivity contribution in [1.82, 2.24) is 0 Å². The summed E-state index contributed by atoms with van der Waals surface area (Å²) in [6.45, 7) is 9.00. The second kappa shape index (κ2) is 9.74. The monoisotopic (exact) mass is 440 g/mol. The zero-order valence-electron chi connectivity index (χ0n) is 19.5. The molecule has 1 amide bonds. The summed E-state index contributed by atoms with van der Waals surface area (Å²) < 4.78 is 11.4. The van der Waals surface area contributed by atoms with Gasteiger partial charge >= 0.3 is 0 Å². The maximum atomic E-state index is 13.5. The van der Waals surface area contributed by atoms with Crippen molar-refractivity contribution in [2.45, 2.75) is 27.7 Å². The molecule has 0 fully saturated rings. The average molecular weight is 441 g/mol. The number of hydrogen-bond acceptors (Lipinski definition) is 4. The Morgan fingerprint density at radius 1 is 0.818 bits per heavy atom. The molecule has 0 unspecified atom stereocenters. The minimum absolute atomic E-state index is 0.165. The third kappa shape index (κ3) is 4.82. The predicted octanol–water partition coefficient (Wildman–Crippen LogP) is 5.94. The summed E-state index contributed by atoms with van der Waals surface area (Å²) in [6.07, 6.45) is 1.79. The van der Waals surface area contributed by atoms with Gasteiger partial charge in [0.05, 0.1) is 18.9 Å². The molecule has 0 radical (unpaired) electrons. The van der Waals surface area contributed by atoms with Crippen LogP contribution in [0.3, 0.4) is 0 Å². The number of carbonyl (C=O) groups is 1. The van der Waals surface area contributed by atoms with Crippen LogP contribution >= 0.6 is 0 Å². The number of aliphatic imine (C=N–C) groups is 1. The van der Waals surface area contributed by atoms with Crippen molar-refractivity contribution in [3.05, 3.63) is 94.7 Å². The first-order chi connectivity index (χ1) is 16.0. The number of hydrogen-bond donors (Lipinski definition) is 0. The smallest absolute Gasteiger partial charge is 0.282 e. The first kappa shape index (κ1) is 22.3. The molecule has 1 aliphatic rings. The lowest BCUT2D eigenvalue weighted by atomic mass is 10.1. The molecule has 33 heavy (non-hydrogen) atoms. The molecule has 4 rings (SSSR count). The van der Waals surface area contributed by atoms with Gasteiger partial charge in [0.2, 0.25) is 0 Å². The molecule has 1 heterocycles. The second-order valence-electron chi connectivity index (χ2n) is 7.88. The Morgan fingerprint density at radius 2 is 1.42 bits per heavy atom. The quantitative estimate of drug-likeness (QED) is 0.428. The molecule has 0 N–H and O–H groups in total. The summed E-state index contributed by atoms with van der Waals surface area (Å²) in [5.74, 6) is 1.79. The zero-order valence-corrected chi connectivity index (χ0v) is 19.5. The van der Waals surface area contributed by atoms with Crippen molar-refractivity contribution in [2.75, 3.05) is 18.1 Å². The summed E-state index contributed by atoms with van der Waals surface area (Å²) >= 11 is 0. The second-order valence-corrected chi connectivity index (χ2v) is 7.88. The number of aryl methyl sites for hydroxylation is 2. The van der Waals surface area contributed by atoms with Gasteiger partial charge in [0, 0.05) is 5.56 Å². The van der Waals surface area contributed by atoms with E-state index in [4.69, 9.17) is 14.5 Å². The number of benzene rings is 3. The molecule has 0 aliphatic carbocycles. The fourth-order valence-electron chi connectivity index (χ4n) is 3.66. The third-order valence-corrected chi connectivity index (χ3v) is 5.33. The SMILES string of the molecule is CCOc1ccc(/C=C2/N=C(c3ccc(C)cc3)N(c3ccc(C)cc3)C2=O)cc1OCC. The Balaban J connectivity index is 1.77. The van der Waals surface area contributed by atoms with Crippen LogP contribution in [0.1, 0.15) is 36.1 Å². The number of carbonyl (C=O) groups excluding carboxylic acids is 1. The summed E-state index contributed by atoms with van der Waals surface area (Å²) in [4.78, 5) is 19.9. The maximum Gasteiger partial charge on any atom is 0.282 e. The first-order valence-electron chi connectivity index (χ1n) is 11.2. The molecular weight excluding hydrogens is 412 g/mol. The molecule has 0 aromatic heterocycles. The fraction of sp³-hybridized carbons (Fsp3) is 0.214. The normalized spacial score (nSPS) is 14.5. The van der Waals surface area contributed by atoms with E-state index in [0.717, 1.165) is 27.9 Å². The Labute approximate surface area is 195 Å². The standard InChI is InChI=1S/C28H28N2O3/c1-5-32-25-16-11-21(18-26(25)33-6-2)17-24-28(31)30(23-14-9-20(4)10-15-23)27(29-24)22-12-7-19(3)8-13-22/h7-18H,5-6H2,1-4H3/b24-17+. The minimum atomic E-state index is -0.165. The molecule has 0 spiro atoms. The van der Waals surface area contributed by atoms with Gasteiger partial charge in [0.25, 0.3) is 5.91 Å². The Morgan fingerprint density at radius 3 is 2.06 bits per heavy atom. The Bertz CT molecular complexity index is 1210. The van der Waals surface area contributed by atoms with Crippen LogP contribution in [0.15, 0.2) is 77.4 Å². The van der Waals surface area contributed by atoms with E-state index in [1.807, 2.05) is 94.4 Å². The summed E-state index contributed by atoms with van der Waals surface area (Å²) in [5.41, 5.74) is 5.16. The number of nitrogens with zero attached hydrogens (tertiary/aromatic N) is 2. The lowest BCUT2D eigenvalue weighted by molar-refractivity contribution is -0.113. The lowest BCUT2D eigenvalue weighted by Crippen LogP contribution is -2.32. The maximum absolute atomic E-state index is 13.5. The van der Waals surface area contributed by atoms with Crippen molar-refractivity contribution in [2.24, 2.45) is 4.99 Å². The van der Waals surface area contributed by atoms with Crippen molar-refractivity contribution >= 4 is 23.5 Å². The molecule has 168 valence electrons. The fourth-order valence-corrected chi connectivity index (χ4v) is 3.66. The molecule has 5 heteroatoms. The minimum Gasteiger partial charge on any atom is -0.490 e. The first-order valence-corrected chi connectivity index (χ1v) is 11.2. The van der Waals surface area contributed by atoms with Crippen LogP contribution in [-0.2, 0) is 4.79 Å². The highest BCUT2D eigenvalue weighted by molar-refractivity contribution is 6.33. The average Bonchev–Trinajstić information content (AvgIpc) is 3.13. The number of anilines is 1. The van der Waals surface area contributed by atoms with E-state index in [0.29, 0.717) is 36.2 Å². The van der Waals surface area contributed by atoms with E-state index in [1.54, 1.807) is 11.0 Å². The van der Waals surface area contributed by atoms with Crippen LogP contribution in [0, 0.1) is 13.8 Å². The molecule has 5 nitrogen and oxygen atoms in total. The van der Waals surface area contributed by atoms with Crippen molar-refractivity contribution in [3.8, 4) is 11.5 Å². The van der Waals surface area contributed by atoms with E-state index >= 15 is 0 Å². The Kier molecular flexibility index (Phi) is 6.59. The number of amides is 1. The molecule has 3 aromatic rings. The van der Waals surface area contributed by atoms with Gasteiger partial charge in [0.15, 0.2) is 11.5 Å². The molecule has 0 atom stereocenters. The van der Waals surface area contributed by atoms with Gasteiger partial charge in [-0.25, -0.2) is 4.99 Å². The van der Waals surface area contributed by atoms with E-state index in [-0.39, 0.29) is 5.91 Å². The van der Waals surface area contributed by atoms with Crippen LogP contribution in [0.4, 0.5) is 5.69 Å². The highest BCUT2D eigenvalue weighted by Crippen LogP contribution is 2.32. The van der Waals surface area contributed by atoms with E-state index in [1.165, 1.54) is 0 Å². The Hall–Kier alpha value is -3.86. The van der Waals surface area contributed by atoms with Gasteiger partial charge in [0.1, 0.15) is 11.5 Å². The van der Waals surface area contributed by atoms with Crippen LogP contribution in [0.2, 0.25) is 0 Å². The zero-order chi connectivity index (χ0) is 23.4. The number of amidine groups is 1. The van der Waals surface area contributed by atoms with Gasteiger partial charge in [-0.1, -0.05) is 53.6 Å². The number of rotatable bonds is 7. The molecule has 3 aromatic carbocycles. The largest absolute Gasteiger partial charge is 0.490 e. The molecular formula is C28H28N2O3. The van der Waals surface area contributed by atoms with Crippen LogP contribution in [0.5, 0.6) is 11.5 Å². The van der Waals surface area contributed by atoms with Gasteiger partial charge in [-0.05, 0) is 63.6 Å². The third-order valence-electron chi connectivity index (χ3n) is 5.33. The van der Waals surface area contributed by atoms with Crippen LogP contribution in [-0.4, -0.2) is 25.0 Å². The van der Waals surface area contributed by atoms with E-state index in [2.05, 4.69) is 0 Å². The summed E-state index contributed by atoms with van der Waals surface area (Å²) in [5, 5.41) is 0. The van der Waals surface area contributed by atoms with Gasteiger partial charge < -0.3 is 9.47 Å². The predicted molar refractivity (Wildman–Crippen MR) is 133 cm³/mol. The molecule has 0 saturated heterocycles. The van der Waals surface area contributed by atoms with Gasteiger partial charge in [-0.2, -0.15) is 0 Å². The van der Waals surface area contributed by atoms with E-state index < -0.39 is 0 Å². The molecule has 0 saturated carbocycles. The van der Waals surface area contributed by atoms with E-state index in [9.17, 15) is 4.79 Å². The van der Waals surface area contributed by atoms with Crippen molar-refractivity contribution in [1.29, 1.82) is 0 Å². The topological polar surface area (TPSA) is 51.1 Å². The molecule has 0 bridgehead atoms. The summed E-state index contributed by atoms with van der Waals surface area (Å²) in [6, 6.07) is 21.6. The summed E-state index contributed by atoms with van der Waals surface area (Å²) in [7, 11) is 0. The van der Waals surface area contributed by atoms with Gasteiger partial charge in [-0.15, -0.1) is 0 Å².